The Kier molecular flexibility index (Phi) is 2.98. The molecule has 1 rings (SSSR count). The van der Waals surface area contributed by atoms with Crippen LogP contribution in [0, 0.1) is 23.3 Å². The summed E-state index contributed by atoms with van der Waals surface area (Å²) < 4.78 is 55.5. The number of ether oxygens (including phenoxy) is 1. The smallest absolute Gasteiger partial charge is 0.206 e. The lowest BCUT2D eigenvalue weighted by atomic mass is 10.3. The summed E-state index contributed by atoms with van der Waals surface area (Å²) in [7, 11) is 0. The second-order valence-corrected chi connectivity index (χ2v) is 2.96. The Morgan fingerprint density at radius 1 is 1.00 bits per heavy atom. The van der Waals surface area contributed by atoms with Gasteiger partial charge in [0.05, 0.1) is 6.10 Å². The first kappa shape index (κ1) is 10.8. The van der Waals surface area contributed by atoms with Gasteiger partial charge in [-0.1, -0.05) is 0 Å². The van der Waals surface area contributed by atoms with Gasteiger partial charge in [0.25, 0.3) is 0 Å². The molecule has 78 valence electrons. The lowest BCUT2D eigenvalue weighted by Crippen LogP contribution is -2.10. The zero-order valence-corrected chi connectivity index (χ0v) is 7.57. The fraction of sp³-hybridized carbons (Fsp3) is 0.333. The van der Waals surface area contributed by atoms with Gasteiger partial charge < -0.3 is 4.74 Å². The monoisotopic (exact) mass is 208 g/mol. The average molecular weight is 208 g/mol. The van der Waals surface area contributed by atoms with Crippen molar-refractivity contribution >= 4 is 0 Å². The highest BCUT2D eigenvalue weighted by molar-refractivity contribution is 5.28. The minimum atomic E-state index is -1.73. The molecular formula is C9H8F4O. The van der Waals surface area contributed by atoms with E-state index >= 15 is 0 Å². The van der Waals surface area contributed by atoms with Crippen LogP contribution in [-0.2, 0) is 0 Å². The van der Waals surface area contributed by atoms with E-state index in [0.29, 0.717) is 0 Å². The van der Waals surface area contributed by atoms with E-state index in [2.05, 4.69) is 4.74 Å². The summed E-state index contributed by atoms with van der Waals surface area (Å²) in [6, 6.07) is 0.246. The summed E-state index contributed by atoms with van der Waals surface area (Å²) in [6.07, 6.45) is -0.524. The third-order valence-corrected chi connectivity index (χ3v) is 1.43. The molecule has 0 saturated heterocycles. The van der Waals surface area contributed by atoms with Gasteiger partial charge in [0, 0.05) is 6.07 Å². The Morgan fingerprint density at radius 2 is 1.57 bits per heavy atom. The van der Waals surface area contributed by atoms with Crippen LogP contribution in [0.5, 0.6) is 5.75 Å². The van der Waals surface area contributed by atoms with Crippen LogP contribution in [0.25, 0.3) is 0 Å². The van der Waals surface area contributed by atoms with Crippen molar-refractivity contribution in [2.24, 2.45) is 0 Å². The average Bonchev–Trinajstić information content (AvgIpc) is 2.09. The molecule has 0 N–H and O–H groups in total. The van der Waals surface area contributed by atoms with Crippen LogP contribution < -0.4 is 4.74 Å². The molecule has 0 aliphatic heterocycles. The van der Waals surface area contributed by atoms with Crippen molar-refractivity contribution in [3.63, 3.8) is 0 Å². The van der Waals surface area contributed by atoms with E-state index in [9.17, 15) is 17.6 Å². The quantitative estimate of drug-likeness (QED) is 0.412. The molecule has 0 unspecified atom stereocenters. The number of halogens is 4. The van der Waals surface area contributed by atoms with Gasteiger partial charge in [0.15, 0.2) is 23.2 Å². The minimum Gasteiger partial charge on any atom is -0.485 e. The normalized spacial score (nSPS) is 10.8. The van der Waals surface area contributed by atoms with Crippen LogP contribution in [0.1, 0.15) is 13.8 Å². The maximum absolute atomic E-state index is 12.9. The fourth-order valence-electron chi connectivity index (χ4n) is 0.893. The first-order chi connectivity index (χ1) is 6.43. The third-order valence-electron chi connectivity index (χ3n) is 1.43. The van der Waals surface area contributed by atoms with Crippen LogP contribution in [0.2, 0.25) is 0 Å². The van der Waals surface area contributed by atoms with Gasteiger partial charge in [-0.2, -0.15) is 4.39 Å². The van der Waals surface area contributed by atoms with Crippen molar-refractivity contribution in [3.8, 4) is 5.75 Å². The molecule has 0 aliphatic carbocycles. The standard InChI is InChI=1S/C9H8F4O/c1-4(2)14-9-6(11)3-5(10)7(12)8(9)13/h3-4H,1-2H3. The molecule has 0 aromatic heterocycles. The predicted molar refractivity (Wildman–Crippen MR) is 42.0 cm³/mol. The van der Waals surface area contributed by atoms with E-state index in [1.807, 2.05) is 0 Å². The highest BCUT2D eigenvalue weighted by Crippen LogP contribution is 2.26. The Bertz CT molecular complexity index is 349. The van der Waals surface area contributed by atoms with E-state index in [4.69, 9.17) is 0 Å². The van der Waals surface area contributed by atoms with Gasteiger partial charge >= 0.3 is 0 Å². The van der Waals surface area contributed by atoms with E-state index < -0.39 is 35.1 Å². The van der Waals surface area contributed by atoms with Gasteiger partial charge in [-0.15, -0.1) is 0 Å². The van der Waals surface area contributed by atoms with Crippen LogP contribution >= 0.6 is 0 Å². The van der Waals surface area contributed by atoms with E-state index in [1.54, 1.807) is 0 Å². The highest BCUT2D eigenvalue weighted by atomic mass is 19.2. The van der Waals surface area contributed by atoms with Crippen molar-refractivity contribution in [1.82, 2.24) is 0 Å². The molecule has 1 aromatic carbocycles. The van der Waals surface area contributed by atoms with Crippen molar-refractivity contribution in [3.05, 3.63) is 29.3 Å². The highest BCUT2D eigenvalue weighted by Gasteiger charge is 2.20. The van der Waals surface area contributed by atoms with Gasteiger partial charge in [-0.25, -0.2) is 13.2 Å². The van der Waals surface area contributed by atoms with Crippen LogP contribution in [0.15, 0.2) is 6.07 Å². The maximum Gasteiger partial charge on any atom is 0.206 e. The van der Waals surface area contributed by atoms with Crippen molar-refractivity contribution in [2.45, 2.75) is 20.0 Å². The SMILES string of the molecule is CC(C)Oc1c(F)cc(F)c(F)c1F. The molecule has 14 heavy (non-hydrogen) atoms. The molecule has 1 nitrogen and oxygen atoms in total. The summed E-state index contributed by atoms with van der Waals surface area (Å²) in [5, 5.41) is 0. The molecule has 1 aromatic rings. The topological polar surface area (TPSA) is 9.23 Å². The molecule has 0 spiro atoms. The summed E-state index contributed by atoms with van der Waals surface area (Å²) >= 11 is 0. The van der Waals surface area contributed by atoms with E-state index in [1.165, 1.54) is 13.8 Å². The molecule has 0 saturated carbocycles. The number of hydrogen-bond donors (Lipinski definition) is 0. The van der Waals surface area contributed by atoms with Gasteiger partial charge in [-0.05, 0) is 13.8 Å². The van der Waals surface area contributed by atoms with E-state index in [0.717, 1.165) is 0 Å². The Balaban J connectivity index is 3.22. The van der Waals surface area contributed by atoms with Gasteiger partial charge in [0.2, 0.25) is 5.82 Å². The molecular weight excluding hydrogens is 200 g/mol. The van der Waals surface area contributed by atoms with Crippen LogP contribution in [0.4, 0.5) is 17.6 Å². The molecule has 0 atom stereocenters. The van der Waals surface area contributed by atoms with Crippen molar-refractivity contribution in [1.29, 1.82) is 0 Å². The zero-order chi connectivity index (χ0) is 10.9. The summed E-state index contributed by atoms with van der Waals surface area (Å²) in [5.41, 5.74) is 0. The Labute approximate surface area is 78.3 Å². The lowest BCUT2D eigenvalue weighted by Gasteiger charge is -2.11. The van der Waals surface area contributed by atoms with Crippen molar-refractivity contribution in [2.75, 3.05) is 0 Å². The van der Waals surface area contributed by atoms with Crippen LogP contribution in [-0.4, -0.2) is 6.10 Å². The van der Waals surface area contributed by atoms with Gasteiger partial charge in [0.1, 0.15) is 0 Å². The van der Waals surface area contributed by atoms with E-state index in [-0.39, 0.29) is 6.07 Å². The second-order valence-electron chi connectivity index (χ2n) is 2.96. The molecule has 5 heteroatoms. The molecule has 0 fully saturated rings. The molecule has 0 amide bonds. The largest absolute Gasteiger partial charge is 0.485 e. The number of hydrogen-bond acceptors (Lipinski definition) is 1. The second kappa shape index (κ2) is 3.86. The summed E-state index contributed by atoms with van der Waals surface area (Å²) in [5.74, 6) is -7.09. The summed E-state index contributed by atoms with van der Waals surface area (Å²) in [6.45, 7) is 3.03. The molecule has 0 heterocycles. The van der Waals surface area contributed by atoms with Crippen molar-refractivity contribution < 1.29 is 22.3 Å². The molecule has 0 bridgehead atoms. The fourth-order valence-corrected chi connectivity index (χ4v) is 0.893. The Hall–Kier alpha value is -1.26. The maximum atomic E-state index is 12.9. The van der Waals surface area contributed by atoms with Gasteiger partial charge in [-0.3, -0.25) is 0 Å². The van der Waals surface area contributed by atoms with Crippen LogP contribution in [0.3, 0.4) is 0 Å². The first-order valence-electron chi connectivity index (χ1n) is 3.93. The Morgan fingerprint density at radius 3 is 2.07 bits per heavy atom. The zero-order valence-electron chi connectivity index (χ0n) is 7.57. The first-order valence-corrected chi connectivity index (χ1v) is 3.93. The number of rotatable bonds is 2. The number of benzene rings is 1. The minimum absolute atomic E-state index is 0.246. The third kappa shape index (κ3) is 1.97. The predicted octanol–water partition coefficient (Wildman–Crippen LogP) is 3.03. The lowest BCUT2D eigenvalue weighted by molar-refractivity contribution is 0.214. The summed E-state index contributed by atoms with van der Waals surface area (Å²) in [4.78, 5) is 0. The molecule has 0 radical (unpaired) electrons. The molecule has 0 aliphatic rings.